The minimum absolute atomic E-state index is 0.00620. The molecule has 3 amide bonds. The van der Waals surface area contributed by atoms with Gasteiger partial charge in [0.2, 0.25) is 17.6 Å². The number of rotatable bonds is 12. The summed E-state index contributed by atoms with van der Waals surface area (Å²) in [7, 11) is -4.35. The van der Waals surface area contributed by atoms with Gasteiger partial charge >= 0.3 is 10.2 Å². The van der Waals surface area contributed by atoms with Gasteiger partial charge in [-0.3, -0.25) is 34.1 Å². The molecule has 1 unspecified atom stereocenters. The lowest BCUT2D eigenvalue weighted by molar-refractivity contribution is -0.136. The van der Waals surface area contributed by atoms with Gasteiger partial charge in [0.05, 0.1) is 11.3 Å². The molecule has 2 aromatic heterocycles. The van der Waals surface area contributed by atoms with Gasteiger partial charge < -0.3 is 24.6 Å². The van der Waals surface area contributed by atoms with Crippen LogP contribution < -0.4 is 19.8 Å². The molecule has 70 heavy (non-hydrogen) atoms. The van der Waals surface area contributed by atoms with Crippen LogP contribution in [0.1, 0.15) is 63.9 Å². The number of aromatic nitrogens is 2. The first kappa shape index (κ1) is 46.1. The minimum Gasteiger partial charge on any atom is -0.371 e. The summed E-state index contributed by atoms with van der Waals surface area (Å²) in [5, 5.41) is 2.71. The molecule has 3 aromatic carbocycles. The molecule has 16 nitrogen and oxygen atoms in total. The lowest BCUT2D eigenvalue weighted by atomic mass is 9.96. The van der Waals surface area contributed by atoms with E-state index in [9.17, 15) is 32.0 Å². The highest BCUT2D eigenvalue weighted by Gasteiger charge is 2.40. The largest absolute Gasteiger partial charge is 0.371 e. The van der Waals surface area contributed by atoms with Crippen molar-refractivity contribution < 1.29 is 40.8 Å². The first-order valence-corrected chi connectivity index (χ1v) is 25.5. The highest BCUT2D eigenvalue weighted by Crippen LogP contribution is 2.35. The number of imide groups is 1. The summed E-state index contributed by atoms with van der Waals surface area (Å²) < 4.78 is 73.2. The molecule has 0 saturated carbocycles. The fraction of sp³-hybridized carbons (Fsp3) is 0.420. The number of carbonyl (C=O) groups excluding carboxylic acids is 4. The molecular weight excluding hydrogens is 926 g/mol. The van der Waals surface area contributed by atoms with Crippen LogP contribution in [0.5, 0.6) is 0 Å². The summed E-state index contributed by atoms with van der Waals surface area (Å²) >= 11 is 0. The molecule has 6 aliphatic heterocycles. The number of nitrogens with zero attached hydrogens (tertiary/aromatic N) is 7. The molecule has 8 heterocycles. The number of alkyl halides is 1. The Morgan fingerprint density at radius 2 is 1.57 bits per heavy atom. The molecule has 5 fully saturated rings. The fourth-order valence-electron chi connectivity index (χ4n) is 11.1. The van der Waals surface area contributed by atoms with E-state index in [1.165, 1.54) is 6.20 Å². The Balaban J connectivity index is 0.647. The van der Waals surface area contributed by atoms with Gasteiger partial charge in [-0.1, -0.05) is 12.1 Å². The molecule has 20 heteroatoms. The van der Waals surface area contributed by atoms with E-state index in [0.717, 1.165) is 111 Å². The van der Waals surface area contributed by atoms with Crippen LogP contribution in [0.25, 0.3) is 22.2 Å². The molecule has 2 atom stereocenters. The quantitative estimate of drug-likeness (QED) is 0.114. The van der Waals surface area contributed by atoms with Crippen LogP contribution in [0, 0.1) is 17.6 Å². The van der Waals surface area contributed by atoms with Crippen molar-refractivity contribution in [3.8, 4) is 11.1 Å². The second kappa shape index (κ2) is 18.4. The van der Waals surface area contributed by atoms with Crippen LogP contribution in [-0.2, 0) is 26.3 Å². The maximum absolute atomic E-state index is 15.8. The third-order valence-corrected chi connectivity index (χ3v) is 16.6. The van der Waals surface area contributed by atoms with Crippen molar-refractivity contribution >= 4 is 61.8 Å². The molecule has 0 bridgehead atoms. The number of halogens is 3. The number of nitrogens with one attached hydrogen (secondary N) is 3. The molecule has 366 valence electrons. The number of ketones is 1. The number of piperazine rings is 1. The number of benzene rings is 3. The van der Waals surface area contributed by atoms with Crippen molar-refractivity contribution in [2.45, 2.75) is 56.9 Å². The topological polar surface area (TPSA) is 175 Å². The van der Waals surface area contributed by atoms with Crippen molar-refractivity contribution in [2.75, 3.05) is 86.5 Å². The van der Waals surface area contributed by atoms with Gasteiger partial charge in [0.25, 0.3) is 5.91 Å². The molecule has 0 radical (unpaired) electrons. The minimum atomic E-state index is -4.35. The predicted octanol–water partition coefficient (Wildman–Crippen LogP) is 4.92. The lowest BCUT2D eigenvalue weighted by Gasteiger charge is -2.46. The number of amides is 3. The third kappa shape index (κ3) is 8.79. The van der Waals surface area contributed by atoms with Crippen LogP contribution >= 0.6 is 0 Å². The van der Waals surface area contributed by atoms with E-state index in [0.29, 0.717) is 47.1 Å². The summed E-state index contributed by atoms with van der Waals surface area (Å²) in [4.78, 5) is 70.1. The number of piperidine rings is 2. The Morgan fingerprint density at radius 1 is 0.814 bits per heavy atom. The standard InChI is InChI=1S/C50H53F3N10O6S/c51-34-11-16-62(29-34)70(68,69)57-42-8-7-41(52)45(46(42)53)47(65)40-24-55-48-39(40)22-32(23-54-48)31-1-3-35(4-2-31)61-26-30(27-61)25-58-17-19-60(20-18-58)36-12-14-59(15-13-36)37-5-6-38-33(21-37)28-63(50(38)67)43-9-10-44(64)56-49(43)66/h1-8,21-24,30,34,36,43,57H,9-20,25-29H2,(H,54,55)(H,56,64,66)/t34-,43?/m1/s1. The maximum Gasteiger partial charge on any atom is 0.301 e. The van der Waals surface area contributed by atoms with Gasteiger partial charge in [-0.2, -0.15) is 12.7 Å². The number of pyridine rings is 1. The predicted molar refractivity (Wildman–Crippen MR) is 256 cm³/mol. The van der Waals surface area contributed by atoms with Gasteiger partial charge in [0.1, 0.15) is 23.7 Å². The second-order valence-corrected chi connectivity index (χ2v) is 21.1. The molecule has 0 aliphatic carbocycles. The fourth-order valence-corrected chi connectivity index (χ4v) is 12.4. The Hall–Kier alpha value is -6.35. The number of anilines is 3. The second-order valence-electron chi connectivity index (χ2n) is 19.4. The molecule has 5 saturated heterocycles. The third-order valence-electron chi connectivity index (χ3n) is 15.1. The Labute approximate surface area is 402 Å². The summed E-state index contributed by atoms with van der Waals surface area (Å²) in [6.45, 7) is 8.93. The lowest BCUT2D eigenvalue weighted by Crippen LogP contribution is -2.57. The van der Waals surface area contributed by atoms with Crippen LogP contribution in [0.15, 0.2) is 73.1 Å². The zero-order valence-electron chi connectivity index (χ0n) is 38.4. The molecule has 11 rings (SSSR count). The zero-order chi connectivity index (χ0) is 48.4. The van der Waals surface area contributed by atoms with Gasteiger partial charge in [-0.25, -0.2) is 18.2 Å². The number of H-pyrrole nitrogens is 1. The van der Waals surface area contributed by atoms with Crippen LogP contribution in [0.4, 0.5) is 30.2 Å². The Bertz CT molecular complexity index is 3010. The molecule has 0 spiro atoms. The first-order chi connectivity index (χ1) is 33.8. The van der Waals surface area contributed by atoms with Crippen molar-refractivity contribution in [3.05, 3.63) is 107 Å². The first-order valence-electron chi connectivity index (χ1n) is 24.0. The summed E-state index contributed by atoms with van der Waals surface area (Å²) in [5.74, 6) is -3.81. The Kier molecular flexibility index (Phi) is 12.1. The molecular formula is C50H53F3N10O6S. The van der Waals surface area contributed by atoms with Crippen LogP contribution in [0.3, 0.4) is 0 Å². The van der Waals surface area contributed by atoms with Crippen molar-refractivity contribution in [3.63, 3.8) is 0 Å². The highest BCUT2D eigenvalue weighted by molar-refractivity contribution is 7.90. The van der Waals surface area contributed by atoms with E-state index >= 15 is 8.78 Å². The van der Waals surface area contributed by atoms with Crippen molar-refractivity contribution in [2.24, 2.45) is 5.92 Å². The average Bonchev–Trinajstić information content (AvgIpc) is 4.08. The SMILES string of the molecule is O=C1CCC(N2Cc3cc(N4CCC(N5CCN(CC6CN(c7ccc(-c8cnc9[nH]cc(C(=O)c%10c(F)ccc(NS(=O)(=O)N%11CC[C@@H](F)C%11)c%10F)c9c8)cc7)C6)CC5)CC4)ccc3C2=O)C(=O)N1. The number of aromatic amines is 1. The number of carbonyl (C=O) groups is 4. The highest BCUT2D eigenvalue weighted by atomic mass is 32.2. The van der Waals surface area contributed by atoms with Crippen LogP contribution in [-0.4, -0.2) is 151 Å². The van der Waals surface area contributed by atoms with Gasteiger partial charge in [0, 0.05) is 143 Å². The number of hydrogen-bond acceptors (Lipinski definition) is 11. The van der Waals surface area contributed by atoms with Crippen molar-refractivity contribution in [1.82, 2.24) is 34.3 Å². The van der Waals surface area contributed by atoms with E-state index in [-0.39, 0.29) is 43.3 Å². The molecule has 5 aromatic rings. The monoisotopic (exact) mass is 978 g/mol. The molecule has 6 aliphatic rings. The number of hydrogen-bond donors (Lipinski definition) is 3. The van der Waals surface area contributed by atoms with Crippen LogP contribution in [0.2, 0.25) is 0 Å². The summed E-state index contributed by atoms with van der Waals surface area (Å²) in [6, 6.07) is 17.4. The van der Waals surface area contributed by atoms with E-state index in [4.69, 9.17) is 0 Å². The van der Waals surface area contributed by atoms with Crippen molar-refractivity contribution in [1.29, 1.82) is 0 Å². The van der Waals surface area contributed by atoms with E-state index < -0.39 is 57.0 Å². The van der Waals surface area contributed by atoms with Gasteiger partial charge in [-0.15, -0.1) is 0 Å². The van der Waals surface area contributed by atoms with E-state index in [1.807, 2.05) is 29.0 Å². The maximum atomic E-state index is 15.8. The zero-order valence-corrected chi connectivity index (χ0v) is 39.2. The van der Waals surface area contributed by atoms with E-state index in [1.54, 1.807) is 17.2 Å². The normalized spacial score (nSPS) is 22.2. The number of fused-ring (bicyclic) bond motifs is 2. The van der Waals surface area contributed by atoms with Gasteiger partial charge in [0.15, 0.2) is 5.82 Å². The summed E-state index contributed by atoms with van der Waals surface area (Å²) in [6.07, 6.45) is 4.38. The van der Waals surface area contributed by atoms with E-state index in [2.05, 4.69) is 53.1 Å². The smallest absolute Gasteiger partial charge is 0.301 e. The molecule has 3 N–H and O–H groups in total. The average molecular weight is 979 g/mol. The van der Waals surface area contributed by atoms with Gasteiger partial charge in [-0.05, 0) is 85.3 Å². The summed E-state index contributed by atoms with van der Waals surface area (Å²) in [5.41, 5.74) is 4.05. The Morgan fingerprint density at radius 3 is 2.30 bits per heavy atom.